The van der Waals surface area contributed by atoms with Gasteiger partial charge in [-0.25, -0.2) is 12.7 Å². The summed E-state index contributed by atoms with van der Waals surface area (Å²) >= 11 is 6.33. The van der Waals surface area contributed by atoms with Gasteiger partial charge in [0.2, 0.25) is 10.0 Å². The number of hydrogen-bond acceptors (Lipinski definition) is 3. The van der Waals surface area contributed by atoms with Gasteiger partial charge in [0.1, 0.15) is 0 Å². The predicted molar refractivity (Wildman–Crippen MR) is 119 cm³/mol. The topological polar surface area (TPSA) is 50.3 Å². The van der Waals surface area contributed by atoms with Crippen LogP contribution in [0.15, 0.2) is 48.7 Å². The van der Waals surface area contributed by atoms with Gasteiger partial charge in [0, 0.05) is 35.8 Å². The summed E-state index contributed by atoms with van der Waals surface area (Å²) in [7, 11) is -3.15. The van der Waals surface area contributed by atoms with Crippen LogP contribution >= 0.6 is 11.6 Å². The van der Waals surface area contributed by atoms with Gasteiger partial charge in [0.25, 0.3) is 0 Å². The number of rotatable bonds is 3. The van der Waals surface area contributed by atoms with Gasteiger partial charge in [-0.15, -0.1) is 0 Å². The zero-order chi connectivity index (χ0) is 20.6. The number of allylic oxidation sites excluding steroid dienone is 3. The maximum Gasteiger partial charge on any atom is 0.211 e. The van der Waals surface area contributed by atoms with Gasteiger partial charge in [-0.05, 0) is 66.7 Å². The highest BCUT2D eigenvalue weighted by molar-refractivity contribution is 7.88. The third kappa shape index (κ3) is 4.04. The van der Waals surface area contributed by atoms with E-state index in [2.05, 4.69) is 24.3 Å². The largest absolute Gasteiger partial charge is 0.260 e. The SMILES string of the molecule is C/C=C/C1=Cc2cc(Cl)ccc2C(C2CCN(S(C)(=O)=O)CC2)c2ncccc21. The molecule has 0 spiro atoms. The number of nitrogens with zero attached hydrogens (tertiary/aromatic N) is 2. The molecule has 6 heteroatoms. The quantitative estimate of drug-likeness (QED) is 0.693. The van der Waals surface area contributed by atoms with Crippen LogP contribution in [0.3, 0.4) is 0 Å². The number of pyridine rings is 1. The zero-order valence-corrected chi connectivity index (χ0v) is 18.2. The molecule has 0 N–H and O–H groups in total. The number of halogens is 1. The Balaban J connectivity index is 1.82. The second kappa shape index (κ2) is 8.05. The molecule has 2 heterocycles. The van der Waals surface area contributed by atoms with Gasteiger partial charge < -0.3 is 0 Å². The summed E-state index contributed by atoms with van der Waals surface area (Å²) in [5, 5.41) is 0.712. The summed E-state index contributed by atoms with van der Waals surface area (Å²) in [6.45, 7) is 3.12. The van der Waals surface area contributed by atoms with Crippen molar-refractivity contribution in [3.8, 4) is 0 Å². The molecule has 1 fully saturated rings. The van der Waals surface area contributed by atoms with Crippen molar-refractivity contribution in [1.82, 2.24) is 9.29 Å². The molecule has 1 aliphatic carbocycles. The Morgan fingerprint density at radius 1 is 1.21 bits per heavy atom. The fourth-order valence-corrected chi connectivity index (χ4v) is 5.65. The van der Waals surface area contributed by atoms with Crippen molar-refractivity contribution in [3.05, 3.63) is 76.1 Å². The molecule has 0 radical (unpaired) electrons. The van der Waals surface area contributed by atoms with E-state index in [4.69, 9.17) is 16.6 Å². The molecule has 4 nitrogen and oxygen atoms in total. The van der Waals surface area contributed by atoms with Crippen LogP contribution in [0.1, 0.15) is 48.1 Å². The molecule has 1 aliphatic heterocycles. The molecule has 1 aromatic carbocycles. The standard InChI is InChI=1S/C23H25ClN2O2S/c1-3-5-17-14-18-15-19(24)7-8-20(18)22(23-21(17)6-4-11-25-23)16-9-12-26(13-10-16)29(2,27)28/h3-8,11,14-16,22H,9-10,12-13H2,1-2H3/b5-3+. The number of hydrogen-bond donors (Lipinski definition) is 0. The number of benzene rings is 1. The maximum atomic E-state index is 12.0. The molecule has 4 rings (SSSR count). The first-order valence-electron chi connectivity index (χ1n) is 9.92. The van der Waals surface area contributed by atoms with Gasteiger partial charge in [-0.1, -0.05) is 35.9 Å². The number of piperidine rings is 1. The summed E-state index contributed by atoms with van der Waals surface area (Å²) in [6, 6.07) is 10.2. The smallest absolute Gasteiger partial charge is 0.211 e. The molecule has 1 unspecified atom stereocenters. The maximum absolute atomic E-state index is 12.0. The van der Waals surface area contributed by atoms with E-state index in [1.165, 1.54) is 11.8 Å². The molecule has 0 bridgehead atoms. The van der Waals surface area contributed by atoms with Crippen molar-refractivity contribution in [1.29, 1.82) is 0 Å². The Labute approximate surface area is 178 Å². The van der Waals surface area contributed by atoms with Crippen LogP contribution in [0.4, 0.5) is 0 Å². The lowest BCUT2D eigenvalue weighted by atomic mass is 9.76. The van der Waals surface area contributed by atoms with Gasteiger partial charge in [0.05, 0.1) is 11.9 Å². The summed E-state index contributed by atoms with van der Waals surface area (Å²) in [5.74, 6) is 0.430. The highest BCUT2D eigenvalue weighted by atomic mass is 35.5. The first-order chi connectivity index (χ1) is 13.9. The molecule has 29 heavy (non-hydrogen) atoms. The molecule has 1 atom stereocenters. The number of aromatic nitrogens is 1. The van der Waals surface area contributed by atoms with Crippen molar-refractivity contribution in [2.45, 2.75) is 25.7 Å². The minimum Gasteiger partial charge on any atom is -0.260 e. The van der Waals surface area contributed by atoms with Crippen LogP contribution < -0.4 is 0 Å². The number of fused-ring (bicyclic) bond motifs is 2. The van der Waals surface area contributed by atoms with Crippen molar-refractivity contribution < 1.29 is 8.42 Å². The first-order valence-corrected chi connectivity index (χ1v) is 12.2. The van der Waals surface area contributed by atoms with Crippen LogP contribution in [0, 0.1) is 5.92 Å². The van der Waals surface area contributed by atoms with E-state index in [-0.39, 0.29) is 5.92 Å². The summed E-state index contributed by atoms with van der Waals surface area (Å²) in [5.41, 5.74) is 5.64. The van der Waals surface area contributed by atoms with Gasteiger partial charge in [0.15, 0.2) is 0 Å². The van der Waals surface area contributed by atoms with Crippen molar-refractivity contribution >= 4 is 33.3 Å². The first kappa shape index (κ1) is 20.3. The molecule has 1 saturated heterocycles. The van der Waals surface area contributed by atoms with E-state index in [1.54, 1.807) is 4.31 Å². The van der Waals surface area contributed by atoms with Crippen LogP contribution in [-0.4, -0.2) is 37.1 Å². The highest BCUT2D eigenvalue weighted by Crippen LogP contribution is 2.45. The Morgan fingerprint density at radius 3 is 2.66 bits per heavy atom. The van der Waals surface area contributed by atoms with E-state index < -0.39 is 10.0 Å². The molecular weight excluding hydrogens is 404 g/mol. The Hall–Kier alpha value is -1.95. The van der Waals surface area contributed by atoms with Gasteiger partial charge in [-0.2, -0.15) is 0 Å². The molecule has 0 amide bonds. The van der Waals surface area contributed by atoms with Crippen LogP contribution in [-0.2, 0) is 10.0 Å². The molecule has 2 aromatic rings. The average Bonchev–Trinajstić information content (AvgIpc) is 2.82. The summed E-state index contributed by atoms with van der Waals surface area (Å²) < 4.78 is 25.5. The minimum absolute atomic E-state index is 0.110. The highest BCUT2D eigenvalue weighted by Gasteiger charge is 2.35. The fraction of sp³-hybridized carbons (Fsp3) is 0.348. The van der Waals surface area contributed by atoms with Crippen LogP contribution in [0.25, 0.3) is 11.6 Å². The van der Waals surface area contributed by atoms with Crippen LogP contribution in [0.5, 0.6) is 0 Å². The van der Waals surface area contributed by atoms with Crippen molar-refractivity contribution in [3.63, 3.8) is 0 Å². The minimum atomic E-state index is -3.15. The Morgan fingerprint density at radius 2 is 1.97 bits per heavy atom. The van der Waals surface area contributed by atoms with E-state index in [0.29, 0.717) is 24.0 Å². The Bertz CT molecular complexity index is 1080. The second-order valence-corrected chi connectivity index (χ2v) is 10.2. The van der Waals surface area contributed by atoms with E-state index >= 15 is 0 Å². The molecule has 2 aliphatic rings. The summed E-state index contributed by atoms with van der Waals surface area (Å²) in [4.78, 5) is 4.82. The van der Waals surface area contributed by atoms with E-state index in [9.17, 15) is 8.42 Å². The van der Waals surface area contributed by atoms with Crippen molar-refractivity contribution in [2.24, 2.45) is 5.92 Å². The molecule has 0 saturated carbocycles. The van der Waals surface area contributed by atoms with Gasteiger partial charge >= 0.3 is 0 Å². The molecular formula is C23H25ClN2O2S. The van der Waals surface area contributed by atoms with Gasteiger partial charge in [-0.3, -0.25) is 4.98 Å². The van der Waals surface area contributed by atoms with Crippen LogP contribution in [0.2, 0.25) is 5.02 Å². The fourth-order valence-electron chi connectivity index (χ4n) is 4.59. The lowest BCUT2D eigenvalue weighted by Crippen LogP contribution is -2.39. The number of sulfonamides is 1. The monoisotopic (exact) mass is 428 g/mol. The average molecular weight is 429 g/mol. The lowest BCUT2D eigenvalue weighted by molar-refractivity contribution is 0.256. The zero-order valence-electron chi connectivity index (χ0n) is 16.7. The lowest BCUT2D eigenvalue weighted by Gasteiger charge is -2.35. The van der Waals surface area contributed by atoms with E-state index in [1.807, 2.05) is 37.4 Å². The second-order valence-electron chi connectivity index (χ2n) is 7.79. The Kier molecular flexibility index (Phi) is 5.65. The predicted octanol–water partition coefficient (Wildman–Crippen LogP) is 4.97. The molecule has 1 aromatic heterocycles. The summed E-state index contributed by atoms with van der Waals surface area (Å²) in [6.07, 6.45) is 11.1. The molecule has 152 valence electrons. The van der Waals surface area contributed by atoms with E-state index in [0.717, 1.165) is 35.2 Å². The third-order valence-corrected chi connectivity index (χ3v) is 7.46. The third-order valence-electron chi connectivity index (χ3n) is 5.92. The van der Waals surface area contributed by atoms with Crippen molar-refractivity contribution in [2.75, 3.05) is 19.3 Å². The normalized spacial score (nSPS) is 20.8.